The third kappa shape index (κ3) is 17.9. The predicted octanol–water partition coefficient (Wildman–Crippen LogP) is 7.06. The van der Waals surface area contributed by atoms with Crippen molar-refractivity contribution in [1.82, 2.24) is 54.6 Å². The van der Waals surface area contributed by atoms with Crippen molar-refractivity contribution < 1.29 is 51.2 Å². The average molecular weight is 1330 g/mol. The second-order valence-electron chi connectivity index (χ2n) is 23.8. The summed E-state index contributed by atoms with van der Waals surface area (Å²) in [6, 6.07) is 22.4. The highest BCUT2D eigenvalue weighted by Gasteiger charge is 2.25. The number of fused-ring (bicyclic) bond motifs is 2. The summed E-state index contributed by atoms with van der Waals surface area (Å²) in [4.78, 5) is 79.0. The highest BCUT2D eigenvalue weighted by Crippen LogP contribution is 2.39. The van der Waals surface area contributed by atoms with E-state index in [4.69, 9.17) is 33.4 Å². The highest BCUT2D eigenvalue weighted by molar-refractivity contribution is 7.92. The first-order valence-electron chi connectivity index (χ1n) is 31.9. The normalized spacial score (nSPS) is 12.8. The molecular formula is C68H87N13O13S. The molecule has 9 rings (SSSR count). The first-order valence-corrected chi connectivity index (χ1v) is 33.4. The zero-order chi connectivity index (χ0) is 67.9. The number of pyridine rings is 2. The molecule has 0 radical (unpaired) electrons. The Balaban J connectivity index is 0.655. The summed E-state index contributed by atoms with van der Waals surface area (Å²) in [7, 11) is 3.73. The summed E-state index contributed by atoms with van der Waals surface area (Å²) >= 11 is 0. The molecule has 0 aliphatic carbocycles. The molecule has 1 aliphatic rings. The van der Waals surface area contributed by atoms with Crippen molar-refractivity contribution in [3.05, 3.63) is 134 Å². The summed E-state index contributed by atoms with van der Waals surface area (Å²) in [5, 5.41) is 14.2. The number of hydrogen-bond acceptors (Lipinski definition) is 18. The van der Waals surface area contributed by atoms with Crippen LogP contribution in [0.5, 0.6) is 34.5 Å². The fourth-order valence-electron chi connectivity index (χ4n) is 11.2. The van der Waals surface area contributed by atoms with Gasteiger partial charge >= 0.3 is 5.69 Å². The van der Waals surface area contributed by atoms with E-state index in [1.54, 1.807) is 50.6 Å². The number of rotatable bonds is 33. The number of nitrogens with one attached hydrogen (secondary N) is 5. The van der Waals surface area contributed by atoms with E-state index in [1.165, 1.54) is 41.6 Å². The molecule has 0 spiro atoms. The lowest BCUT2D eigenvalue weighted by Crippen LogP contribution is -2.48. The average Bonchev–Trinajstić information content (AvgIpc) is 1.67. The summed E-state index contributed by atoms with van der Waals surface area (Å²) < 4.78 is 70.1. The number of ether oxygens (including phenoxy) is 6. The topological polar surface area (TPSA) is 289 Å². The van der Waals surface area contributed by atoms with Crippen molar-refractivity contribution in [2.45, 2.75) is 77.8 Å². The van der Waals surface area contributed by atoms with Crippen molar-refractivity contribution in [3.8, 4) is 45.6 Å². The zero-order valence-corrected chi connectivity index (χ0v) is 56.6. The van der Waals surface area contributed by atoms with Gasteiger partial charge in [0.05, 0.1) is 86.1 Å². The Morgan fingerprint density at radius 1 is 0.726 bits per heavy atom. The number of aromatic nitrogens is 6. The van der Waals surface area contributed by atoms with Gasteiger partial charge in [-0.15, -0.1) is 0 Å². The van der Waals surface area contributed by atoms with E-state index in [0.717, 1.165) is 78.1 Å². The molecule has 27 heteroatoms. The molecule has 26 nitrogen and oxygen atoms in total. The molecule has 4 aromatic heterocycles. The number of carbonyl (C=O) groups is 3. The third-order valence-corrected chi connectivity index (χ3v) is 17.8. The monoisotopic (exact) mass is 1330 g/mol. The molecular weight excluding hydrogens is 1240 g/mol. The molecule has 0 unspecified atom stereocenters. The molecule has 1 aliphatic heterocycles. The largest absolute Gasteiger partial charge is 0.493 e. The van der Waals surface area contributed by atoms with E-state index in [9.17, 15) is 32.4 Å². The third-order valence-electron chi connectivity index (χ3n) is 16.4. The van der Waals surface area contributed by atoms with Crippen molar-refractivity contribution in [2.24, 2.45) is 14.1 Å². The van der Waals surface area contributed by atoms with Crippen molar-refractivity contribution in [2.75, 3.05) is 116 Å². The molecule has 0 saturated carbocycles. The van der Waals surface area contributed by atoms with Gasteiger partial charge in [-0.2, -0.15) is 5.10 Å². The van der Waals surface area contributed by atoms with Gasteiger partial charge in [-0.1, -0.05) is 6.92 Å². The number of aromatic amines is 1. The number of anilines is 2. The van der Waals surface area contributed by atoms with Gasteiger partial charge in [-0.3, -0.25) is 47.5 Å². The number of amides is 3. The maximum absolute atomic E-state index is 13.9. The van der Waals surface area contributed by atoms with Crippen LogP contribution in [0.3, 0.4) is 0 Å². The van der Waals surface area contributed by atoms with Gasteiger partial charge in [0.2, 0.25) is 11.8 Å². The van der Waals surface area contributed by atoms with Crippen LogP contribution in [-0.4, -0.2) is 171 Å². The Bertz CT molecular complexity index is 4250. The number of carbonyl (C=O) groups excluding carboxylic acids is 3. The van der Waals surface area contributed by atoms with Crippen LogP contribution in [0.25, 0.3) is 33.1 Å². The minimum atomic E-state index is -4.23. The Morgan fingerprint density at radius 3 is 2.14 bits per heavy atom. The number of unbranched alkanes of at least 4 members (excludes halogenated alkanes) is 1. The fraction of sp³-hybridized carbons (Fsp3) is 0.426. The van der Waals surface area contributed by atoms with Gasteiger partial charge in [0.25, 0.3) is 21.5 Å². The van der Waals surface area contributed by atoms with E-state index in [2.05, 4.69) is 40.6 Å². The molecule has 5 heterocycles. The number of piperazine rings is 1. The Labute approximate surface area is 552 Å². The molecule has 5 N–H and O–H groups in total. The molecule has 95 heavy (non-hydrogen) atoms. The summed E-state index contributed by atoms with van der Waals surface area (Å²) in [6.07, 6.45) is 5.90. The van der Waals surface area contributed by atoms with Crippen molar-refractivity contribution in [1.29, 1.82) is 0 Å². The Kier molecular flexibility index (Phi) is 23.6. The smallest absolute Gasteiger partial charge is 0.328 e. The van der Waals surface area contributed by atoms with Gasteiger partial charge < -0.3 is 54.3 Å². The van der Waals surface area contributed by atoms with E-state index in [-0.39, 0.29) is 89.8 Å². The van der Waals surface area contributed by atoms with Crippen molar-refractivity contribution in [3.63, 3.8) is 0 Å². The van der Waals surface area contributed by atoms with Crippen LogP contribution in [0.1, 0.15) is 79.7 Å². The number of nitrogens with zero attached hydrogens (tertiary/aromatic N) is 8. The Hall–Kier alpha value is -9.44. The van der Waals surface area contributed by atoms with E-state index in [0.29, 0.717) is 91.0 Å². The van der Waals surface area contributed by atoms with E-state index < -0.39 is 10.0 Å². The fourth-order valence-corrected chi connectivity index (χ4v) is 12.3. The number of imidazole rings is 1. The molecule has 0 atom stereocenters. The summed E-state index contributed by atoms with van der Waals surface area (Å²) in [6.45, 7) is 16.6. The molecule has 4 aromatic carbocycles. The summed E-state index contributed by atoms with van der Waals surface area (Å²) in [5.41, 5.74) is 5.58. The minimum absolute atomic E-state index is 0.0578. The number of H-pyrrole nitrogens is 1. The van der Waals surface area contributed by atoms with Crippen molar-refractivity contribution >= 4 is 61.2 Å². The van der Waals surface area contributed by atoms with Crippen LogP contribution in [0.2, 0.25) is 0 Å². The van der Waals surface area contributed by atoms with Crippen LogP contribution in [0.15, 0.2) is 106 Å². The SMILES string of the molecule is CCCOc1cc(OCCCCN(C)CC(=O)NCCOCCC(=O)NCCN2CCN(c3ccc(-c4cc(C(=O)NCc5c(C)cc(C)[nH]c5=O)c5cnn(C(C)C)c5c4)cn3)CC2)cc(Oc2cc3c(cc2NS(=O)(=O)c2ccc(OC)c(OC)c2)n(C)c(=O)n3C)c1. The maximum Gasteiger partial charge on any atom is 0.328 e. The van der Waals surface area contributed by atoms with Crippen LogP contribution >= 0.6 is 0 Å². The number of hydrogen-bond donors (Lipinski definition) is 5. The second-order valence-corrected chi connectivity index (χ2v) is 25.5. The van der Waals surface area contributed by atoms with E-state index in [1.807, 2.05) is 87.8 Å². The number of sulfonamides is 1. The minimum Gasteiger partial charge on any atom is -0.493 e. The number of methoxy groups -OCH3 is 2. The lowest BCUT2D eigenvalue weighted by molar-refractivity contribution is -0.123. The first-order chi connectivity index (χ1) is 45.6. The molecule has 508 valence electrons. The second kappa shape index (κ2) is 32.1. The van der Waals surface area contributed by atoms with Crippen LogP contribution < -0.4 is 60.5 Å². The molecule has 0 bridgehead atoms. The highest BCUT2D eigenvalue weighted by atomic mass is 32.2. The van der Waals surface area contributed by atoms with Gasteiger partial charge in [0.1, 0.15) is 23.1 Å². The zero-order valence-electron chi connectivity index (χ0n) is 55.8. The van der Waals surface area contributed by atoms with Gasteiger partial charge in [0.15, 0.2) is 17.2 Å². The molecule has 3 amide bonds. The number of aryl methyl sites for hydroxylation is 4. The van der Waals surface area contributed by atoms with E-state index >= 15 is 0 Å². The van der Waals surface area contributed by atoms with Gasteiger partial charge in [-0.25, -0.2) is 18.2 Å². The quantitative estimate of drug-likeness (QED) is 0.0257. The maximum atomic E-state index is 13.9. The lowest BCUT2D eigenvalue weighted by atomic mass is 10.0. The molecule has 1 saturated heterocycles. The van der Waals surface area contributed by atoms with Crippen LogP contribution in [0.4, 0.5) is 11.5 Å². The number of benzene rings is 4. The van der Waals surface area contributed by atoms with Crippen LogP contribution in [-0.2, 0) is 45.0 Å². The Morgan fingerprint density at radius 2 is 1.44 bits per heavy atom. The lowest BCUT2D eigenvalue weighted by Gasteiger charge is -2.35. The predicted molar refractivity (Wildman–Crippen MR) is 364 cm³/mol. The number of likely N-dealkylation sites (N-methyl/N-ethyl adjacent to an activating group) is 1. The van der Waals surface area contributed by atoms with Crippen LogP contribution in [0, 0.1) is 13.8 Å². The first kappa shape index (κ1) is 69.9. The summed E-state index contributed by atoms with van der Waals surface area (Å²) in [5.74, 6) is 2.24. The molecule has 1 fully saturated rings. The molecule has 8 aromatic rings. The van der Waals surface area contributed by atoms with Gasteiger partial charge in [-0.05, 0) is 120 Å². The standard InChI is InChI=1S/C68H87N13O13S/c1-11-27-92-49-34-50(36-51(35-49)94-61-39-59-58(77(7)68(86)78(59)8)38-56(61)75-95(87,88)52-15-16-60(89-9)62(37-52)90-10)93-28-13-12-21-76(6)43-65(83)70-20-30-91-29-18-64(82)69-19-22-79-23-25-80(26-24-79)63-17-14-47(40-71-63)48-32-53(55-42-73-81(44(2)3)57(55)33-48)66(84)72-41-54-45(4)31-46(5)74-67(54)85/h14-17,31-40,42,44,75H,11-13,18-30,41,43H2,1-10H3,(H,69,82)(H,70,83)(H,72,84)(H,74,85). The van der Waals surface area contributed by atoms with Gasteiger partial charge in [0, 0.05) is 138 Å².